The molecule has 5 heteroatoms. The van der Waals surface area contributed by atoms with Crippen LogP contribution in [0.4, 0.5) is 0 Å². The number of carboxylic acid groups (broad SMARTS) is 1. The van der Waals surface area contributed by atoms with Gasteiger partial charge in [0, 0.05) is 29.6 Å². The van der Waals surface area contributed by atoms with Crippen molar-refractivity contribution in [3.63, 3.8) is 0 Å². The average molecular weight is 314 g/mol. The van der Waals surface area contributed by atoms with Gasteiger partial charge in [-0.1, -0.05) is 12.5 Å². The summed E-state index contributed by atoms with van der Waals surface area (Å²) in [6, 6.07) is 6.07. The highest BCUT2D eigenvalue weighted by molar-refractivity contribution is 5.86. The lowest BCUT2D eigenvalue weighted by molar-refractivity contribution is -0.157. The number of aromatic nitrogens is 1. The van der Waals surface area contributed by atoms with Crippen molar-refractivity contribution in [1.82, 2.24) is 10.3 Å². The summed E-state index contributed by atoms with van der Waals surface area (Å²) in [5.41, 5.74) is 3.64. The minimum absolute atomic E-state index is 0.0763. The minimum atomic E-state index is -0.848. The Balaban J connectivity index is 1.65. The fourth-order valence-electron chi connectivity index (χ4n) is 3.26. The van der Waals surface area contributed by atoms with E-state index in [0.29, 0.717) is 19.4 Å². The summed E-state index contributed by atoms with van der Waals surface area (Å²) in [5.74, 6) is -1.03. The molecule has 2 aromatic rings. The minimum Gasteiger partial charge on any atom is -0.481 e. The number of aromatic amines is 1. The largest absolute Gasteiger partial charge is 0.481 e. The van der Waals surface area contributed by atoms with Gasteiger partial charge in [0.1, 0.15) is 0 Å². The Morgan fingerprint density at radius 3 is 2.65 bits per heavy atom. The second-order valence-corrected chi connectivity index (χ2v) is 6.65. The maximum atomic E-state index is 12.1. The summed E-state index contributed by atoms with van der Waals surface area (Å²) >= 11 is 0. The number of amides is 1. The third kappa shape index (κ3) is 2.83. The summed E-state index contributed by atoms with van der Waals surface area (Å²) in [4.78, 5) is 26.7. The van der Waals surface area contributed by atoms with Gasteiger partial charge in [0.05, 0.1) is 5.41 Å². The molecule has 0 spiro atoms. The van der Waals surface area contributed by atoms with Gasteiger partial charge in [0.15, 0.2) is 0 Å². The highest BCUT2D eigenvalue weighted by Gasteiger charge is 2.45. The molecule has 1 heterocycles. The van der Waals surface area contributed by atoms with Crippen molar-refractivity contribution in [2.24, 2.45) is 5.41 Å². The zero-order valence-corrected chi connectivity index (χ0v) is 13.5. The standard InChI is InChI=1S/C18H22N2O3/c1-11-12(2)20-15-5-4-13(8-14(11)15)10-19-16(21)9-18(17(22)23)6-3-7-18/h4-5,8,20H,3,6-7,9-10H2,1-2H3,(H,19,21)(H,22,23). The van der Waals surface area contributed by atoms with Crippen molar-refractivity contribution < 1.29 is 14.7 Å². The van der Waals surface area contributed by atoms with Crippen LogP contribution in [-0.4, -0.2) is 22.0 Å². The van der Waals surface area contributed by atoms with Gasteiger partial charge in [-0.3, -0.25) is 9.59 Å². The summed E-state index contributed by atoms with van der Waals surface area (Å²) in [6.07, 6.45) is 2.17. The molecule has 0 saturated heterocycles. The quantitative estimate of drug-likeness (QED) is 0.793. The molecule has 1 aliphatic rings. The number of carbonyl (C=O) groups is 2. The molecule has 1 aromatic carbocycles. The number of rotatable bonds is 5. The van der Waals surface area contributed by atoms with E-state index >= 15 is 0 Å². The van der Waals surface area contributed by atoms with Gasteiger partial charge >= 0.3 is 5.97 Å². The molecule has 3 rings (SSSR count). The van der Waals surface area contributed by atoms with Gasteiger partial charge in [-0.05, 0) is 49.9 Å². The summed E-state index contributed by atoms with van der Waals surface area (Å²) < 4.78 is 0. The van der Waals surface area contributed by atoms with Crippen molar-refractivity contribution in [2.45, 2.75) is 46.1 Å². The first-order chi connectivity index (χ1) is 10.9. The monoisotopic (exact) mass is 314 g/mol. The number of nitrogens with one attached hydrogen (secondary N) is 2. The van der Waals surface area contributed by atoms with Crippen LogP contribution in [-0.2, 0) is 16.1 Å². The predicted octanol–water partition coefficient (Wildman–Crippen LogP) is 3.05. The van der Waals surface area contributed by atoms with Crippen molar-refractivity contribution in [3.8, 4) is 0 Å². The first-order valence-electron chi connectivity index (χ1n) is 7.99. The summed E-state index contributed by atoms with van der Waals surface area (Å²) in [5, 5.41) is 13.3. The van der Waals surface area contributed by atoms with Gasteiger partial charge in [-0.2, -0.15) is 0 Å². The molecule has 0 radical (unpaired) electrons. The number of carboxylic acids is 1. The van der Waals surface area contributed by atoms with Crippen LogP contribution in [0, 0.1) is 19.3 Å². The Labute approximate surface area is 135 Å². The maximum absolute atomic E-state index is 12.1. The van der Waals surface area contributed by atoms with Crippen molar-refractivity contribution >= 4 is 22.8 Å². The van der Waals surface area contributed by atoms with Crippen LogP contribution in [0.1, 0.15) is 42.5 Å². The van der Waals surface area contributed by atoms with E-state index in [1.807, 2.05) is 19.1 Å². The zero-order valence-electron chi connectivity index (χ0n) is 13.5. The predicted molar refractivity (Wildman–Crippen MR) is 88.2 cm³/mol. The lowest BCUT2D eigenvalue weighted by Crippen LogP contribution is -2.42. The molecule has 122 valence electrons. The van der Waals surface area contributed by atoms with E-state index in [0.717, 1.165) is 28.6 Å². The Bertz CT molecular complexity index is 772. The molecule has 1 aromatic heterocycles. The molecule has 0 atom stereocenters. The van der Waals surface area contributed by atoms with E-state index in [-0.39, 0.29) is 12.3 Å². The fourth-order valence-corrected chi connectivity index (χ4v) is 3.26. The first-order valence-corrected chi connectivity index (χ1v) is 7.99. The van der Waals surface area contributed by atoms with Crippen LogP contribution in [0.2, 0.25) is 0 Å². The third-order valence-electron chi connectivity index (χ3n) is 5.13. The molecule has 0 aliphatic heterocycles. The smallest absolute Gasteiger partial charge is 0.310 e. The number of carbonyl (C=O) groups excluding carboxylic acids is 1. The topological polar surface area (TPSA) is 82.2 Å². The molecule has 1 fully saturated rings. The van der Waals surface area contributed by atoms with Gasteiger partial charge in [0.2, 0.25) is 5.91 Å². The van der Waals surface area contributed by atoms with E-state index in [1.165, 1.54) is 5.56 Å². The molecule has 3 N–H and O–H groups in total. The van der Waals surface area contributed by atoms with E-state index in [1.54, 1.807) is 0 Å². The fraction of sp³-hybridized carbons (Fsp3) is 0.444. The zero-order chi connectivity index (χ0) is 16.6. The van der Waals surface area contributed by atoms with Crippen molar-refractivity contribution in [3.05, 3.63) is 35.0 Å². The number of aryl methyl sites for hydroxylation is 2. The van der Waals surface area contributed by atoms with Crippen LogP contribution < -0.4 is 5.32 Å². The molecule has 23 heavy (non-hydrogen) atoms. The maximum Gasteiger partial charge on any atom is 0.310 e. The molecular weight excluding hydrogens is 292 g/mol. The van der Waals surface area contributed by atoms with Gasteiger partial charge in [-0.15, -0.1) is 0 Å². The van der Waals surface area contributed by atoms with Crippen LogP contribution >= 0.6 is 0 Å². The molecule has 1 amide bonds. The van der Waals surface area contributed by atoms with Crippen molar-refractivity contribution in [1.29, 1.82) is 0 Å². The van der Waals surface area contributed by atoms with E-state index in [4.69, 9.17) is 0 Å². The Morgan fingerprint density at radius 2 is 2.04 bits per heavy atom. The van der Waals surface area contributed by atoms with Gasteiger partial charge in [-0.25, -0.2) is 0 Å². The lowest BCUT2D eigenvalue weighted by atomic mass is 9.66. The number of hydrogen-bond donors (Lipinski definition) is 3. The van der Waals surface area contributed by atoms with Crippen LogP contribution in [0.3, 0.4) is 0 Å². The summed E-state index contributed by atoms with van der Waals surface area (Å²) in [7, 11) is 0. The summed E-state index contributed by atoms with van der Waals surface area (Å²) in [6.45, 7) is 4.54. The molecule has 0 unspecified atom stereocenters. The number of hydrogen-bond acceptors (Lipinski definition) is 2. The van der Waals surface area contributed by atoms with Crippen LogP contribution in [0.5, 0.6) is 0 Å². The van der Waals surface area contributed by atoms with E-state index in [9.17, 15) is 14.7 Å². The van der Waals surface area contributed by atoms with E-state index in [2.05, 4.69) is 23.3 Å². The normalized spacial score (nSPS) is 16.1. The second kappa shape index (κ2) is 5.72. The second-order valence-electron chi connectivity index (χ2n) is 6.65. The number of benzene rings is 1. The molecule has 5 nitrogen and oxygen atoms in total. The Hall–Kier alpha value is -2.30. The molecule has 1 aliphatic carbocycles. The van der Waals surface area contributed by atoms with Crippen LogP contribution in [0.25, 0.3) is 10.9 Å². The van der Waals surface area contributed by atoms with Gasteiger partial charge in [0.25, 0.3) is 0 Å². The first kappa shape index (κ1) is 15.6. The average Bonchev–Trinajstić information content (AvgIpc) is 2.75. The third-order valence-corrected chi connectivity index (χ3v) is 5.13. The van der Waals surface area contributed by atoms with Gasteiger partial charge < -0.3 is 15.4 Å². The number of fused-ring (bicyclic) bond motifs is 1. The Kier molecular flexibility index (Phi) is 3.88. The molecule has 1 saturated carbocycles. The Morgan fingerprint density at radius 1 is 1.30 bits per heavy atom. The van der Waals surface area contributed by atoms with Crippen molar-refractivity contribution in [2.75, 3.05) is 0 Å². The molecule has 0 bridgehead atoms. The SMILES string of the molecule is Cc1[nH]c2ccc(CNC(=O)CC3(C(=O)O)CCC3)cc2c1C. The highest BCUT2D eigenvalue weighted by atomic mass is 16.4. The lowest BCUT2D eigenvalue weighted by Gasteiger charge is -2.36. The number of aliphatic carboxylic acids is 1. The van der Waals surface area contributed by atoms with E-state index < -0.39 is 11.4 Å². The molecular formula is C18H22N2O3. The van der Waals surface area contributed by atoms with Crippen LogP contribution in [0.15, 0.2) is 18.2 Å². The highest BCUT2D eigenvalue weighted by Crippen LogP contribution is 2.44. The number of H-pyrrole nitrogens is 1.